The zero-order valence-electron chi connectivity index (χ0n) is 9.32. The second kappa shape index (κ2) is 9.43. The monoisotopic (exact) mass is 240 g/mol. The van der Waals surface area contributed by atoms with E-state index < -0.39 is 23.8 Å². The minimum atomic E-state index is -1.55. The molecule has 0 saturated heterocycles. The van der Waals surface area contributed by atoms with Gasteiger partial charge in [-0.05, 0) is 12.3 Å². The zero-order chi connectivity index (χ0) is 11.1. The van der Waals surface area contributed by atoms with E-state index in [0.29, 0.717) is 6.42 Å². The van der Waals surface area contributed by atoms with Crippen LogP contribution in [0.25, 0.3) is 0 Å². The number of rotatable bonds is 7. The maximum Gasteiger partial charge on any atom is 2.00 e. The van der Waals surface area contributed by atoms with Crippen LogP contribution in [-0.4, -0.2) is 49.7 Å². The van der Waals surface area contributed by atoms with E-state index in [0.717, 1.165) is 19.3 Å². The van der Waals surface area contributed by atoms with E-state index >= 15 is 0 Å². The van der Waals surface area contributed by atoms with Crippen molar-refractivity contribution in [2.24, 2.45) is 11.8 Å². The third-order valence-corrected chi connectivity index (χ3v) is 2.34. The summed E-state index contributed by atoms with van der Waals surface area (Å²) in [5.41, 5.74) is 0. The Hall–Kier alpha value is 0.200. The number of carbonyl (C=O) groups is 2. The molecule has 82 valence electrons. The van der Waals surface area contributed by atoms with E-state index in [-0.39, 0.29) is 37.7 Å². The Kier molecular flexibility index (Phi) is 11.1. The third kappa shape index (κ3) is 7.14. The summed E-state index contributed by atoms with van der Waals surface area (Å²) in [6.07, 6.45) is 3.43. The van der Waals surface area contributed by atoms with Crippen molar-refractivity contribution in [3.05, 3.63) is 0 Å². The number of hydrogen-bond donors (Lipinski definition) is 0. The summed E-state index contributed by atoms with van der Waals surface area (Å²) in [7, 11) is 0. The van der Waals surface area contributed by atoms with Gasteiger partial charge < -0.3 is 19.8 Å². The standard InChI is InChI=1S/C10H18O4.Ca/c1-3-4-5-6-7(2)8(9(11)12)10(13)14;/h7-8H,3-6H2,1-2H3,(H,11,12)(H,13,14);/q;+2/p-2. The van der Waals surface area contributed by atoms with Crippen molar-refractivity contribution in [2.75, 3.05) is 0 Å². The van der Waals surface area contributed by atoms with Crippen LogP contribution in [0.15, 0.2) is 0 Å². The van der Waals surface area contributed by atoms with Crippen molar-refractivity contribution < 1.29 is 19.8 Å². The predicted molar refractivity (Wildman–Crippen MR) is 52.6 cm³/mol. The van der Waals surface area contributed by atoms with E-state index in [1.807, 2.05) is 6.92 Å². The van der Waals surface area contributed by atoms with Crippen LogP contribution in [0.1, 0.15) is 39.5 Å². The zero-order valence-corrected chi connectivity index (χ0v) is 11.5. The fourth-order valence-corrected chi connectivity index (χ4v) is 1.44. The predicted octanol–water partition coefficient (Wildman–Crippen LogP) is -1.06. The van der Waals surface area contributed by atoms with Gasteiger partial charge in [-0.25, -0.2) is 0 Å². The molecule has 0 radical (unpaired) electrons. The van der Waals surface area contributed by atoms with Crippen LogP contribution in [0.5, 0.6) is 0 Å². The molecule has 15 heavy (non-hydrogen) atoms. The quantitative estimate of drug-likeness (QED) is 0.323. The van der Waals surface area contributed by atoms with Crippen LogP contribution in [-0.2, 0) is 9.59 Å². The van der Waals surface area contributed by atoms with Crippen LogP contribution in [0.2, 0.25) is 0 Å². The first-order chi connectivity index (χ1) is 6.50. The van der Waals surface area contributed by atoms with Crippen LogP contribution in [0.3, 0.4) is 0 Å². The van der Waals surface area contributed by atoms with E-state index in [2.05, 4.69) is 0 Å². The van der Waals surface area contributed by atoms with Gasteiger partial charge in [-0.2, -0.15) is 0 Å². The number of carbonyl (C=O) groups excluding carboxylic acids is 2. The number of unbranched alkanes of at least 4 members (excludes halogenated alkanes) is 2. The summed E-state index contributed by atoms with van der Waals surface area (Å²) in [6, 6.07) is 0. The van der Waals surface area contributed by atoms with Gasteiger partial charge in [0.1, 0.15) is 0 Å². The third-order valence-electron chi connectivity index (χ3n) is 2.34. The fraction of sp³-hybridized carbons (Fsp3) is 0.800. The van der Waals surface area contributed by atoms with Crippen LogP contribution in [0, 0.1) is 11.8 Å². The van der Waals surface area contributed by atoms with Gasteiger partial charge in [0.05, 0.1) is 11.9 Å². The summed E-state index contributed by atoms with van der Waals surface area (Å²) in [6.45, 7) is 3.63. The van der Waals surface area contributed by atoms with Crippen molar-refractivity contribution >= 4 is 49.7 Å². The summed E-state index contributed by atoms with van der Waals surface area (Å²) in [5, 5.41) is 21.0. The largest absolute Gasteiger partial charge is 2.00 e. The Morgan fingerprint density at radius 2 is 1.60 bits per heavy atom. The molecule has 0 spiro atoms. The number of carboxylic acid groups (broad SMARTS) is 2. The minimum Gasteiger partial charge on any atom is -0.549 e. The van der Waals surface area contributed by atoms with E-state index in [1.165, 1.54) is 0 Å². The Bertz CT molecular complexity index is 192. The molecule has 0 heterocycles. The van der Waals surface area contributed by atoms with Crippen molar-refractivity contribution in [3.8, 4) is 0 Å². The van der Waals surface area contributed by atoms with E-state index in [4.69, 9.17) is 0 Å². The molecule has 0 aromatic rings. The number of hydrogen-bond acceptors (Lipinski definition) is 4. The maximum atomic E-state index is 10.5. The summed E-state index contributed by atoms with van der Waals surface area (Å²) in [4.78, 5) is 21.0. The molecule has 0 rings (SSSR count). The molecule has 4 nitrogen and oxygen atoms in total. The van der Waals surface area contributed by atoms with Crippen LogP contribution < -0.4 is 10.2 Å². The molecular formula is C10H16CaO4. The summed E-state index contributed by atoms with van der Waals surface area (Å²) < 4.78 is 0. The molecule has 1 unspecified atom stereocenters. The van der Waals surface area contributed by atoms with E-state index in [9.17, 15) is 19.8 Å². The van der Waals surface area contributed by atoms with Gasteiger partial charge >= 0.3 is 37.7 Å². The topological polar surface area (TPSA) is 80.3 Å². The molecule has 0 aliphatic heterocycles. The van der Waals surface area contributed by atoms with Gasteiger partial charge in [0.2, 0.25) is 0 Å². The first kappa shape index (κ1) is 17.6. The Morgan fingerprint density at radius 1 is 1.13 bits per heavy atom. The van der Waals surface area contributed by atoms with Gasteiger partial charge in [0.25, 0.3) is 0 Å². The molecule has 0 saturated carbocycles. The normalized spacial score (nSPS) is 11.9. The van der Waals surface area contributed by atoms with Crippen molar-refractivity contribution in [2.45, 2.75) is 39.5 Å². The van der Waals surface area contributed by atoms with Gasteiger partial charge in [0, 0.05) is 5.92 Å². The molecule has 0 aromatic carbocycles. The molecule has 0 aromatic heterocycles. The molecule has 1 atom stereocenters. The Balaban J connectivity index is 0. The molecule has 0 fully saturated rings. The van der Waals surface area contributed by atoms with Gasteiger partial charge in [-0.1, -0.05) is 33.1 Å². The minimum absolute atomic E-state index is 0. The SMILES string of the molecule is CCCCCC(C)C(C(=O)[O-])C(=O)[O-].[Ca+2]. The molecule has 0 aliphatic carbocycles. The molecule has 0 aliphatic rings. The molecule has 5 heteroatoms. The van der Waals surface area contributed by atoms with Gasteiger partial charge in [-0.3, -0.25) is 0 Å². The average molecular weight is 240 g/mol. The smallest absolute Gasteiger partial charge is 0.549 e. The second-order valence-electron chi connectivity index (χ2n) is 3.59. The number of carboxylic acids is 2. The fourth-order valence-electron chi connectivity index (χ4n) is 1.44. The average Bonchev–Trinajstić information content (AvgIpc) is 2.03. The first-order valence-electron chi connectivity index (χ1n) is 4.92. The Morgan fingerprint density at radius 3 is 1.93 bits per heavy atom. The molecule has 0 N–H and O–H groups in total. The van der Waals surface area contributed by atoms with Crippen molar-refractivity contribution in [3.63, 3.8) is 0 Å². The van der Waals surface area contributed by atoms with Gasteiger partial charge in [-0.15, -0.1) is 0 Å². The van der Waals surface area contributed by atoms with Gasteiger partial charge in [0.15, 0.2) is 0 Å². The van der Waals surface area contributed by atoms with Crippen LogP contribution >= 0.6 is 0 Å². The molecular weight excluding hydrogens is 224 g/mol. The van der Waals surface area contributed by atoms with Crippen LogP contribution in [0.4, 0.5) is 0 Å². The summed E-state index contributed by atoms with van der Waals surface area (Å²) >= 11 is 0. The summed E-state index contributed by atoms with van der Waals surface area (Å²) in [5.74, 6) is -4.99. The first-order valence-corrected chi connectivity index (χ1v) is 4.92. The Labute approximate surface area is 120 Å². The second-order valence-corrected chi connectivity index (χ2v) is 3.59. The number of aliphatic carboxylic acids is 2. The van der Waals surface area contributed by atoms with Crippen molar-refractivity contribution in [1.82, 2.24) is 0 Å². The maximum absolute atomic E-state index is 10.5. The molecule has 0 bridgehead atoms. The van der Waals surface area contributed by atoms with Crippen molar-refractivity contribution in [1.29, 1.82) is 0 Å². The van der Waals surface area contributed by atoms with E-state index in [1.54, 1.807) is 6.92 Å². The molecule has 0 amide bonds.